The molecule has 6 heteroatoms. The Bertz CT molecular complexity index is 666. The lowest BCUT2D eigenvalue weighted by atomic mass is 10.2. The zero-order chi connectivity index (χ0) is 14.7. The van der Waals surface area contributed by atoms with Gasteiger partial charge < -0.3 is 14.3 Å². The molecule has 0 spiro atoms. The molecule has 0 bridgehead atoms. The minimum Gasteiger partial charge on any atom is -0.468 e. The Morgan fingerprint density at radius 1 is 1.33 bits per heavy atom. The summed E-state index contributed by atoms with van der Waals surface area (Å²) in [5, 5.41) is 0.270. The van der Waals surface area contributed by atoms with E-state index in [9.17, 15) is 9.59 Å². The Balaban J connectivity index is 1.72. The van der Waals surface area contributed by atoms with Gasteiger partial charge in [0.15, 0.2) is 0 Å². The fourth-order valence-corrected chi connectivity index (χ4v) is 3.62. The molecule has 1 saturated heterocycles. The van der Waals surface area contributed by atoms with Crippen molar-refractivity contribution in [1.82, 2.24) is 9.88 Å². The molecule has 2 aromatic rings. The Kier molecular flexibility index (Phi) is 4.15. The third-order valence-electron chi connectivity index (χ3n) is 3.54. The highest BCUT2D eigenvalue weighted by molar-refractivity contribution is 7.99. The molecule has 5 nitrogen and oxygen atoms in total. The van der Waals surface area contributed by atoms with Crippen LogP contribution >= 0.6 is 11.8 Å². The molecule has 3 rings (SSSR count). The van der Waals surface area contributed by atoms with Crippen molar-refractivity contribution in [1.29, 1.82) is 0 Å². The van der Waals surface area contributed by atoms with Crippen LogP contribution in [0.25, 0.3) is 0 Å². The second-order valence-electron chi connectivity index (χ2n) is 4.87. The van der Waals surface area contributed by atoms with E-state index >= 15 is 0 Å². The van der Waals surface area contributed by atoms with Crippen LogP contribution in [-0.4, -0.2) is 34.6 Å². The second kappa shape index (κ2) is 6.22. The summed E-state index contributed by atoms with van der Waals surface area (Å²) < 4.78 is 5.45. The van der Waals surface area contributed by atoms with Gasteiger partial charge in [0.05, 0.1) is 11.5 Å². The average Bonchev–Trinajstić information content (AvgIpc) is 2.92. The minimum atomic E-state index is -0.331. The van der Waals surface area contributed by atoms with Crippen LogP contribution in [0.1, 0.15) is 27.8 Å². The van der Waals surface area contributed by atoms with Gasteiger partial charge in [0.1, 0.15) is 11.3 Å². The van der Waals surface area contributed by atoms with Gasteiger partial charge in [0.2, 0.25) is 0 Å². The molecule has 0 aliphatic carbocycles. The van der Waals surface area contributed by atoms with Gasteiger partial charge in [-0.05, 0) is 30.7 Å². The molecule has 1 amide bonds. The standard InChI is InChI=1S/C15H16N2O3S/c18-14-11(3-1-6-16-14)15(19)17-7-5-13(21-10-8-17)12-4-2-9-20-12/h1-4,6,9,13H,5,7-8,10H2,(H,16,18). The van der Waals surface area contributed by atoms with E-state index in [0.717, 1.165) is 17.9 Å². The van der Waals surface area contributed by atoms with Crippen molar-refractivity contribution < 1.29 is 9.21 Å². The molecule has 1 aliphatic heterocycles. The predicted octanol–water partition coefficient (Wildman–Crippen LogP) is 2.29. The maximum atomic E-state index is 12.4. The average molecular weight is 304 g/mol. The number of nitrogens with zero attached hydrogens (tertiary/aromatic N) is 1. The normalized spacial score (nSPS) is 19.2. The number of carbonyl (C=O) groups excluding carboxylic acids is 1. The van der Waals surface area contributed by atoms with E-state index in [0.29, 0.717) is 13.1 Å². The molecule has 1 N–H and O–H groups in total. The largest absolute Gasteiger partial charge is 0.468 e. The quantitative estimate of drug-likeness (QED) is 0.924. The van der Waals surface area contributed by atoms with Crippen LogP contribution in [0.5, 0.6) is 0 Å². The highest BCUT2D eigenvalue weighted by Crippen LogP contribution is 2.34. The van der Waals surface area contributed by atoms with Crippen molar-refractivity contribution in [2.75, 3.05) is 18.8 Å². The van der Waals surface area contributed by atoms with Crippen LogP contribution in [0.15, 0.2) is 45.9 Å². The number of pyridine rings is 1. The van der Waals surface area contributed by atoms with E-state index < -0.39 is 0 Å². The molecular formula is C15H16N2O3S. The predicted molar refractivity (Wildman–Crippen MR) is 81.5 cm³/mol. The summed E-state index contributed by atoms with van der Waals surface area (Å²) in [6.45, 7) is 1.28. The van der Waals surface area contributed by atoms with Crippen LogP contribution in [0.2, 0.25) is 0 Å². The van der Waals surface area contributed by atoms with E-state index in [4.69, 9.17) is 4.42 Å². The van der Waals surface area contributed by atoms with Crippen LogP contribution < -0.4 is 5.56 Å². The molecule has 0 saturated carbocycles. The number of hydrogen-bond acceptors (Lipinski definition) is 4. The van der Waals surface area contributed by atoms with Gasteiger partial charge in [0, 0.05) is 25.0 Å². The first-order valence-corrected chi connectivity index (χ1v) is 7.92. The fraction of sp³-hybridized carbons (Fsp3) is 0.333. The Morgan fingerprint density at radius 3 is 3.00 bits per heavy atom. The lowest BCUT2D eigenvalue weighted by Crippen LogP contribution is -2.36. The highest BCUT2D eigenvalue weighted by atomic mass is 32.2. The van der Waals surface area contributed by atoms with Crippen LogP contribution in [0, 0.1) is 0 Å². The van der Waals surface area contributed by atoms with E-state index in [1.165, 1.54) is 6.20 Å². The van der Waals surface area contributed by atoms with Gasteiger partial charge in [0.25, 0.3) is 11.5 Å². The summed E-state index contributed by atoms with van der Waals surface area (Å²) in [6.07, 6.45) is 4.03. The maximum Gasteiger partial charge on any atom is 0.260 e. The second-order valence-corrected chi connectivity index (χ2v) is 6.18. The molecule has 1 unspecified atom stereocenters. The van der Waals surface area contributed by atoms with Crippen molar-refractivity contribution in [3.63, 3.8) is 0 Å². The molecule has 1 atom stereocenters. The van der Waals surface area contributed by atoms with Crippen molar-refractivity contribution in [2.24, 2.45) is 0 Å². The number of rotatable bonds is 2. The number of hydrogen-bond donors (Lipinski definition) is 1. The molecule has 1 fully saturated rings. The van der Waals surface area contributed by atoms with E-state index in [1.807, 2.05) is 12.1 Å². The number of furan rings is 1. The summed E-state index contributed by atoms with van der Waals surface area (Å²) in [6, 6.07) is 7.10. The zero-order valence-corrected chi connectivity index (χ0v) is 12.3. The summed E-state index contributed by atoms with van der Waals surface area (Å²) >= 11 is 1.79. The summed E-state index contributed by atoms with van der Waals surface area (Å²) in [5.74, 6) is 1.59. The number of aromatic nitrogens is 1. The summed E-state index contributed by atoms with van der Waals surface area (Å²) in [5.41, 5.74) is -0.124. The molecule has 0 aromatic carbocycles. The molecule has 110 valence electrons. The molecule has 2 aromatic heterocycles. The van der Waals surface area contributed by atoms with Gasteiger partial charge in [-0.3, -0.25) is 9.59 Å². The third kappa shape index (κ3) is 3.05. The molecule has 0 radical (unpaired) electrons. The third-order valence-corrected chi connectivity index (χ3v) is 4.83. The van der Waals surface area contributed by atoms with Crippen LogP contribution in [0.3, 0.4) is 0 Å². The van der Waals surface area contributed by atoms with Crippen molar-refractivity contribution in [2.45, 2.75) is 11.7 Å². The number of carbonyl (C=O) groups is 1. The zero-order valence-electron chi connectivity index (χ0n) is 11.5. The molecule has 21 heavy (non-hydrogen) atoms. The van der Waals surface area contributed by atoms with E-state index in [-0.39, 0.29) is 22.3 Å². The highest BCUT2D eigenvalue weighted by Gasteiger charge is 2.25. The smallest absolute Gasteiger partial charge is 0.260 e. The lowest BCUT2D eigenvalue weighted by molar-refractivity contribution is 0.0764. The number of aromatic amines is 1. The van der Waals surface area contributed by atoms with Gasteiger partial charge in [-0.2, -0.15) is 0 Å². The topological polar surface area (TPSA) is 66.3 Å². The van der Waals surface area contributed by atoms with Crippen LogP contribution in [-0.2, 0) is 0 Å². The first-order chi connectivity index (χ1) is 10.3. The number of H-pyrrole nitrogens is 1. The molecule has 3 heterocycles. The van der Waals surface area contributed by atoms with E-state index in [2.05, 4.69) is 4.98 Å². The number of amides is 1. The Labute approximate surface area is 126 Å². The Hall–Kier alpha value is -1.95. The maximum absolute atomic E-state index is 12.4. The summed E-state index contributed by atoms with van der Waals surface area (Å²) in [4.78, 5) is 28.5. The van der Waals surface area contributed by atoms with Crippen molar-refractivity contribution in [3.05, 3.63) is 58.4 Å². The summed E-state index contributed by atoms with van der Waals surface area (Å²) in [7, 11) is 0. The molecule has 1 aliphatic rings. The molecular weight excluding hydrogens is 288 g/mol. The van der Waals surface area contributed by atoms with Crippen molar-refractivity contribution >= 4 is 17.7 Å². The lowest BCUT2D eigenvalue weighted by Gasteiger charge is -2.19. The monoisotopic (exact) mass is 304 g/mol. The Morgan fingerprint density at radius 2 is 2.24 bits per heavy atom. The fourth-order valence-electron chi connectivity index (χ4n) is 2.44. The van der Waals surface area contributed by atoms with Crippen LogP contribution in [0.4, 0.5) is 0 Å². The van der Waals surface area contributed by atoms with Gasteiger partial charge >= 0.3 is 0 Å². The SMILES string of the molecule is O=C(c1ccc[nH]c1=O)N1CCSC(c2ccco2)CC1. The minimum absolute atomic E-state index is 0.197. The van der Waals surface area contributed by atoms with Gasteiger partial charge in [-0.15, -0.1) is 11.8 Å². The first-order valence-electron chi connectivity index (χ1n) is 6.87. The number of nitrogens with one attached hydrogen (secondary N) is 1. The first kappa shape index (κ1) is 14.0. The van der Waals surface area contributed by atoms with Gasteiger partial charge in [-0.1, -0.05) is 0 Å². The van der Waals surface area contributed by atoms with Crippen molar-refractivity contribution in [3.8, 4) is 0 Å². The number of thioether (sulfide) groups is 1. The van der Waals surface area contributed by atoms with Gasteiger partial charge in [-0.25, -0.2) is 0 Å². The van der Waals surface area contributed by atoms with E-state index in [1.54, 1.807) is 35.1 Å².